The molecule has 2 aromatic rings. The third-order valence-corrected chi connectivity index (χ3v) is 3.88. The molecule has 0 fully saturated rings. The lowest BCUT2D eigenvalue weighted by Gasteiger charge is -2.13. The van der Waals surface area contributed by atoms with E-state index in [1.165, 1.54) is 0 Å². The van der Waals surface area contributed by atoms with Crippen LogP contribution in [0.1, 0.15) is 15.9 Å². The quantitative estimate of drug-likeness (QED) is 0.395. The van der Waals surface area contributed by atoms with E-state index in [0.717, 1.165) is 11.3 Å². The van der Waals surface area contributed by atoms with Gasteiger partial charge in [0, 0.05) is 37.3 Å². The fraction of sp³-hybridized carbons (Fsp3) is 0.263. The summed E-state index contributed by atoms with van der Waals surface area (Å²) in [6.45, 7) is 1.65. The molecule has 138 valence electrons. The molecule has 0 atom stereocenters. The maximum Gasteiger partial charge on any atom is 0.251 e. The van der Waals surface area contributed by atoms with Crippen LogP contribution < -0.4 is 20.7 Å². The molecule has 0 aromatic heterocycles. The van der Waals surface area contributed by atoms with Gasteiger partial charge in [0.1, 0.15) is 5.75 Å². The Bertz CT molecular complexity index is 747. The van der Waals surface area contributed by atoms with Gasteiger partial charge in [-0.05, 0) is 42.0 Å². The predicted molar refractivity (Wildman–Crippen MR) is 105 cm³/mol. The van der Waals surface area contributed by atoms with Gasteiger partial charge >= 0.3 is 0 Å². The Hall–Kier alpha value is -2.73. The molecule has 0 aliphatic carbocycles. The number of hydrogen-bond donors (Lipinski definition) is 3. The van der Waals surface area contributed by atoms with E-state index in [0.29, 0.717) is 36.2 Å². The number of amides is 1. The summed E-state index contributed by atoms with van der Waals surface area (Å²) in [7, 11) is 3.35. The van der Waals surface area contributed by atoms with Gasteiger partial charge in [-0.1, -0.05) is 23.7 Å². The molecule has 6 nitrogen and oxygen atoms in total. The van der Waals surface area contributed by atoms with Crippen molar-refractivity contribution in [3.8, 4) is 5.75 Å². The van der Waals surface area contributed by atoms with E-state index in [-0.39, 0.29) is 5.91 Å². The van der Waals surface area contributed by atoms with Gasteiger partial charge in [-0.2, -0.15) is 0 Å². The number of nitrogens with one attached hydrogen (secondary N) is 3. The second-order valence-electron chi connectivity index (χ2n) is 5.47. The number of halogens is 1. The van der Waals surface area contributed by atoms with Crippen LogP contribution in [-0.2, 0) is 6.54 Å². The number of methoxy groups -OCH3 is 1. The molecule has 0 aliphatic rings. The van der Waals surface area contributed by atoms with Gasteiger partial charge in [-0.3, -0.25) is 9.79 Å². The summed E-state index contributed by atoms with van der Waals surface area (Å²) in [4.78, 5) is 16.2. The number of rotatable bonds is 7. The van der Waals surface area contributed by atoms with Gasteiger partial charge in [0.15, 0.2) is 5.96 Å². The van der Waals surface area contributed by atoms with Crippen molar-refractivity contribution >= 4 is 23.5 Å². The van der Waals surface area contributed by atoms with Crippen molar-refractivity contribution < 1.29 is 9.53 Å². The van der Waals surface area contributed by atoms with E-state index in [9.17, 15) is 4.79 Å². The Balaban J connectivity index is 1.71. The number of hydrogen-bond acceptors (Lipinski definition) is 3. The Morgan fingerprint density at radius 3 is 2.50 bits per heavy atom. The smallest absolute Gasteiger partial charge is 0.251 e. The van der Waals surface area contributed by atoms with E-state index < -0.39 is 0 Å². The fourth-order valence-corrected chi connectivity index (χ4v) is 2.38. The normalized spacial score (nSPS) is 11.0. The monoisotopic (exact) mass is 374 g/mol. The molecule has 0 heterocycles. The molecule has 0 saturated heterocycles. The van der Waals surface area contributed by atoms with Crippen LogP contribution in [0.15, 0.2) is 53.5 Å². The van der Waals surface area contributed by atoms with Crippen LogP contribution in [0.2, 0.25) is 5.02 Å². The first-order chi connectivity index (χ1) is 12.6. The number of benzene rings is 2. The van der Waals surface area contributed by atoms with Crippen molar-refractivity contribution in [2.24, 2.45) is 4.99 Å². The van der Waals surface area contributed by atoms with Crippen LogP contribution in [0, 0.1) is 0 Å². The summed E-state index contributed by atoms with van der Waals surface area (Å²) in [5, 5.41) is 9.82. The van der Waals surface area contributed by atoms with Crippen molar-refractivity contribution in [1.29, 1.82) is 0 Å². The lowest BCUT2D eigenvalue weighted by molar-refractivity contribution is 0.0954. The number of carbonyl (C=O) groups is 1. The summed E-state index contributed by atoms with van der Waals surface area (Å²) in [5.41, 5.74) is 1.67. The topological polar surface area (TPSA) is 74.8 Å². The molecule has 26 heavy (non-hydrogen) atoms. The van der Waals surface area contributed by atoms with Crippen LogP contribution in [0.3, 0.4) is 0 Å². The molecule has 0 aliphatic heterocycles. The van der Waals surface area contributed by atoms with Gasteiger partial charge in [0.25, 0.3) is 5.91 Å². The number of aliphatic imine (C=N–C) groups is 1. The lowest BCUT2D eigenvalue weighted by Crippen LogP contribution is -2.41. The number of nitrogens with zero attached hydrogens (tertiary/aromatic N) is 1. The van der Waals surface area contributed by atoms with Crippen molar-refractivity contribution in [1.82, 2.24) is 16.0 Å². The average molecular weight is 375 g/mol. The van der Waals surface area contributed by atoms with Crippen molar-refractivity contribution in [2.75, 3.05) is 27.2 Å². The zero-order chi connectivity index (χ0) is 18.8. The first-order valence-corrected chi connectivity index (χ1v) is 8.61. The molecule has 1 amide bonds. The van der Waals surface area contributed by atoms with Gasteiger partial charge in [0.2, 0.25) is 0 Å². The number of carbonyl (C=O) groups excluding carboxylic acids is 1. The molecule has 0 unspecified atom stereocenters. The van der Waals surface area contributed by atoms with E-state index in [1.54, 1.807) is 38.4 Å². The second kappa shape index (κ2) is 10.3. The van der Waals surface area contributed by atoms with Crippen LogP contribution in [0.25, 0.3) is 0 Å². The maximum atomic E-state index is 12.0. The summed E-state index contributed by atoms with van der Waals surface area (Å²) in [6.07, 6.45) is 0. The van der Waals surface area contributed by atoms with Crippen molar-refractivity contribution in [2.45, 2.75) is 6.54 Å². The zero-order valence-corrected chi connectivity index (χ0v) is 15.6. The highest BCUT2D eigenvalue weighted by atomic mass is 35.5. The Morgan fingerprint density at radius 1 is 1.08 bits per heavy atom. The minimum Gasteiger partial charge on any atom is -0.497 e. The lowest BCUT2D eigenvalue weighted by atomic mass is 10.2. The summed E-state index contributed by atoms with van der Waals surface area (Å²) >= 11 is 5.82. The standard InChI is InChI=1S/C19H23ClN4O2/c1-21-19(24-13-14-4-3-5-17(12-14)26-2)23-11-10-22-18(25)15-6-8-16(20)9-7-15/h3-9,12H,10-11,13H2,1-2H3,(H,22,25)(H2,21,23,24). The minimum atomic E-state index is -0.136. The minimum absolute atomic E-state index is 0.136. The average Bonchev–Trinajstić information content (AvgIpc) is 2.68. The summed E-state index contributed by atoms with van der Waals surface area (Å²) in [6, 6.07) is 14.6. The van der Waals surface area contributed by atoms with Gasteiger partial charge in [-0.15, -0.1) is 0 Å². The highest BCUT2D eigenvalue weighted by Gasteiger charge is 2.04. The van der Waals surface area contributed by atoms with E-state index in [2.05, 4.69) is 20.9 Å². The number of guanidine groups is 1. The van der Waals surface area contributed by atoms with Crippen LogP contribution in [0.5, 0.6) is 5.75 Å². The van der Waals surface area contributed by atoms with Crippen molar-refractivity contribution in [3.63, 3.8) is 0 Å². The summed E-state index contributed by atoms with van der Waals surface area (Å²) in [5.74, 6) is 1.34. The highest BCUT2D eigenvalue weighted by Crippen LogP contribution is 2.12. The first kappa shape index (κ1) is 19.6. The predicted octanol–water partition coefficient (Wildman–Crippen LogP) is 2.44. The number of ether oxygens (including phenoxy) is 1. The van der Waals surface area contributed by atoms with Gasteiger partial charge in [0.05, 0.1) is 7.11 Å². The third-order valence-electron chi connectivity index (χ3n) is 3.63. The van der Waals surface area contributed by atoms with Crippen molar-refractivity contribution in [3.05, 3.63) is 64.7 Å². The molecular weight excluding hydrogens is 352 g/mol. The fourth-order valence-electron chi connectivity index (χ4n) is 2.25. The first-order valence-electron chi connectivity index (χ1n) is 8.23. The summed E-state index contributed by atoms with van der Waals surface area (Å²) < 4.78 is 5.21. The third kappa shape index (κ3) is 6.29. The van der Waals surface area contributed by atoms with Crippen LogP contribution in [-0.4, -0.2) is 39.1 Å². The SMILES string of the molecule is CN=C(NCCNC(=O)c1ccc(Cl)cc1)NCc1cccc(OC)c1. The van der Waals surface area contributed by atoms with E-state index in [1.807, 2.05) is 24.3 Å². The van der Waals surface area contributed by atoms with E-state index >= 15 is 0 Å². The Morgan fingerprint density at radius 2 is 1.81 bits per heavy atom. The Kier molecular flexibility index (Phi) is 7.76. The maximum absolute atomic E-state index is 12.0. The van der Waals surface area contributed by atoms with Gasteiger partial charge < -0.3 is 20.7 Å². The molecule has 0 bridgehead atoms. The molecular formula is C19H23ClN4O2. The largest absolute Gasteiger partial charge is 0.497 e. The molecule has 7 heteroatoms. The zero-order valence-electron chi connectivity index (χ0n) is 14.9. The van der Waals surface area contributed by atoms with Crippen LogP contribution in [0.4, 0.5) is 0 Å². The molecule has 0 spiro atoms. The highest BCUT2D eigenvalue weighted by molar-refractivity contribution is 6.30. The molecule has 3 N–H and O–H groups in total. The van der Waals surface area contributed by atoms with E-state index in [4.69, 9.17) is 16.3 Å². The molecule has 2 rings (SSSR count). The molecule has 2 aromatic carbocycles. The second-order valence-corrected chi connectivity index (χ2v) is 5.90. The van der Waals surface area contributed by atoms with Crippen LogP contribution >= 0.6 is 11.6 Å². The molecule has 0 radical (unpaired) electrons. The Labute approximate surface area is 158 Å². The van der Waals surface area contributed by atoms with Gasteiger partial charge in [-0.25, -0.2) is 0 Å². The molecule has 0 saturated carbocycles.